The van der Waals surface area contributed by atoms with E-state index >= 15 is 0 Å². The maximum absolute atomic E-state index is 8.74. The smallest absolute Gasteiger partial charge is 1.00 e. The molecule has 0 bridgehead atoms. The predicted molar refractivity (Wildman–Crippen MR) is 35.7 cm³/mol. The normalized spacial score (nSPS) is 8.73. The van der Waals surface area contributed by atoms with Crippen LogP contribution in [0.3, 0.4) is 0 Å². The molecule has 0 aromatic rings. The Bertz CT molecular complexity index is 202. The summed E-state index contributed by atoms with van der Waals surface area (Å²) in [5.41, 5.74) is 0. The predicted octanol–water partition coefficient (Wildman–Crippen LogP) is -2.37. The summed E-state index contributed by atoms with van der Waals surface area (Å²) in [6.45, 7) is 3.72. The minimum Gasteiger partial charge on any atom is -1.00 e. The summed E-state index contributed by atoms with van der Waals surface area (Å²) in [6, 6.07) is 2.03. The summed E-state index contributed by atoms with van der Waals surface area (Å²) in [7, 11) is -4.67. The molecule has 0 rings (SSSR count). The number of nitrogens with zero attached hydrogens (tertiary/aromatic N) is 1. The fourth-order valence-electron chi connectivity index (χ4n) is 0. The molecule has 0 aliphatic heterocycles. The Morgan fingerprint density at radius 3 is 1.55 bits per heavy atom. The Morgan fingerprint density at radius 2 is 1.55 bits per heavy atom. The molecule has 0 aromatic carbocycles. The molecule has 0 spiro atoms. The summed E-state index contributed by atoms with van der Waals surface area (Å²) in [4.78, 5) is 0. The molecule has 0 aliphatic rings. The van der Waals surface area contributed by atoms with E-state index in [1.54, 1.807) is 0 Å². The minimum atomic E-state index is -4.67. The summed E-state index contributed by atoms with van der Waals surface area (Å²) in [5, 5.41) is 7.89. The number of hydrogen-bond donors (Lipinski definition) is 2. The first-order valence-electron chi connectivity index (χ1n) is 2.37. The van der Waals surface area contributed by atoms with Gasteiger partial charge in [0.2, 0.25) is 0 Å². The molecule has 0 amide bonds. The van der Waals surface area contributed by atoms with Crippen molar-refractivity contribution in [1.29, 1.82) is 5.26 Å². The number of nitriles is 1. The van der Waals surface area contributed by atoms with Gasteiger partial charge in [0.15, 0.2) is 0 Å². The summed E-state index contributed by atoms with van der Waals surface area (Å²) < 4.78 is 31.6. The van der Waals surface area contributed by atoms with Crippen molar-refractivity contribution in [3.05, 3.63) is 0 Å². The zero-order valence-corrected chi connectivity index (χ0v) is 9.46. The van der Waals surface area contributed by atoms with Gasteiger partial charge in [0.1, 0.15) is 0 Å². The molecule has 0 unspecified atom stereocenters. The molecule has 7 heteroatoms. The second-order valence-electron chi connectivity index (χ2n) is 1.73. The molecule has 62 valence electrons. The van der Waals surface area contributed by atoms with Crippen molar-refractivity contribution in [2.24, 2.45) is 5.92 Å². The van der Waals surface area contributed by atoms with Gasteiger partial charge >= 0.3 is 40.0 Å². The van der Waals surface area contributed by atoms with E-state index in [-0.39, 0.29) is 36.9 Å². The molecule has 0 radical (unpaired) electrons. The van der Waals surface area contributed by atoms with Crippen LogP contribution in [0.5, 0.6) is 0 Å². The zero-order chi connectivity index (χ0) is 8.78. The molecule has 0 aliphatic carbocycles. The van der Waals surface area contributed by atoms with E-state index in [2.05, 4.69) is 0 Å². The monoisotopic (exact) mass is 191 g/mol. The third-order valence-corrected chi connectivity index (χ3v) is 0.258. The van der Waals surface area contributed by atoms with Crippen molar-refractivity contribution in [3.63, 3.8) is 0 Å². The van der Waals surface area contributed by atoms with Gasteiger partial charge in [-0.05, 0) is 13.8 Å². The van der Waals surface area contributed by atoms with Crippen LogP contribution in [0.25, 0.3) is 0 Å². The first-order valence-corrected chi connectivity index (χ1v) is 3.76. The van der Waals surface area contributed by atoms with Crippen molar-refractivity contribution in [2.75, 3.05) is 0 Å². The standard InChI is InChI=1S/C4H7N.Na.H2O4S.H/c1-4(2)3-5;;1-5(2,3)4;/h4H,1-2H3;;(H2,1,2,3,4);/q;+1;;-1. The van der Waals surface area contributed by atoms with Crippen molar-refractivity contribution in [2.45, 2.75) is 13.8 Å². The van der Waals surface area contributed by atoms with Gasteiger partial charge in [0, 0.05) is 5.92 Å². The molecule has 0 atom stereocenters. The van der Waals surface area contributed by atoms with E-state index in [0.29, 0.717) is 0 Å². The average Bonchev–Trinajstić information content (AvgIpc) is 1.61. The third kappa shape index (κ3) is 130. The Morgan fingerprint density at radius 1 is 1.45 bits per heavy atom. The van der Waals surface area contributed by atoms with Crippen LogP contribution < -0.4 is 29.6 Å². The van der Waals surface area contributed by atoms with Crippen LogP contribution in [0.4, 0.5) is 0 Å². The summed E-state index contributed by atoms with van der Waals surface area (Å²) >= 11 is 0. The minimum absolute atomic E-state index is 0. The molecule has 0 heterocycles. The van der Waals surface area contributed by atoms with E-state index < -0.39 is 10.4 Å². The molecule has 0 saturated carbocycles. The Kier molecular flexibility index (Phi) is 13.4. The number of rotatable bonds is 0. The average molecular weight is 191 g/mol. The van der Waals surface area contributed by atoms with Crippen molar-refractivity contribution in [3.8, 4) is 6.07 Å². The van der Waals surface area contributed by atoms with Crippen LogP contribution >= 0.6 is 0 Å². The van der Waals surface area contributed by atoms with Gasteiger partial charge in [-0.15, -0.1) is 0 Å². The van der Waals surface area contributed by atoms with Gasteiger partial charge in [0.05, 0.1) is 6.07 Å². The van der Waals surface area contributed by atoms with E-state index in [4.69, 9.17) is 22.8 Å². The van der Waals surface area contributed by atoms with Crippen molar-refractivity contribution < 1.29 is 48.5 Å². The van der Waals surface area contributed by atoms with Gasteiger partial charge in [-0.25, -0.2) is 0 Å². The van der Waals surface area contributed by atoms with Crippen LogP contribution in [-0.4, -0.2) is 17.5 Å². The van der Waals surface area contributed by atoms with E-state index in [1.807, 2.05) is 19.9 Å². The topological polar surface area (TPSA) is 98.4 Å². The zero-order valence-electron chi connectivity index (χ0n) is 7.64. The Labute approximate surface area is 89.8 Å². The maximum Gasteiger partial charge on any atom is 1.00 e. The Balaban J connectivity index is -0.0000000457. The third-order valence-electron chi connectivity index (χ3n) is 0.258. The van der Waals surface area contributed by atoms with Crippen LogP contribution in [-0.2, 0) is 10.4 Å². The van der Waals surface area contributed by atoms with Gasteiger partial charge in [0.25, 0.3) is 0 Å². The second kappa shape index (κ2) is 8.46. The van der Waals surface area contributed by atoms with Gasteiger partial charge < -0.3 is 1.43 Å². The molecule has 11 heavy (non-hydrogen) atoms. The van der Waals surface area contributed by atoms with Crippen LogP contribution in [0, 0.1) is 17.2 Å². The fourth-order valence-corrected chi connectivity index (χ4v) is 0. The van der Waals surface area contributed by atoms with Gasteiger partial charge in [-0.2, -0.15) is 13.7 Å². The van der Waals surface area contributed by atoms with Crippen LogP contribution in [0.2, 0.25) is 0 Å². The molecular formula is C4H10NNaO4S. The molecule has 0 saturated heterocycles. The molecule has 2 N–H and O–H groups in total. The summed E-state index contributed by atoms with van der Waals surface area (Å²) in [6.07, 6.45) is 0. The second-order valence-corrected chi connectivity index (χ2v) is 2.63. The molecule has 0 fully saturated rings. The van der Waals surface area contributed by atoms with Crippen LogP contribution in [0.1, 0.15) is 15.3 Å². The molecule has 0 aromatic heterocycles. The maximum atomic E-state index is 8.74. The van der Waals surface area contributed by atoms with Gasteiger partial charge in [-0.1, -0.05) is 0 Å². The van der Waals surface area contributed by atoms with E-state index in [0.717, 1.165) is 0 Å². The van der Waals surface area contributed by atoms with Crippen molar-refractivity contribution >= 4 is 10.4 Å². The largest absolute Gasteiger partial charge is 1.00 e. The van der Waals surface area contributed by atoms with Crippen LogP contribution in [0.15, 0.2) is 0 Å². The Hall–Kier alpha value is 0.360. The molecule has 5 nitrogen and oxygen atoms in total. The molecular weight excluding hydrogens is 181 g/mol. The number of hydrogen-bond acceptors (Lipinski definition) is 3. The summed E-state index contributed by atoms with van der Waals surface area (Å²) in [5.74, 6) is 0.190. The fraction of sp³-hybridized carbons (Fsp3) is 0.750. The van der Waals surface area contributed by atoms with Gasteiger partial charge in [-0.3, -0.25) is 9.11 Å². The first-order chi connectivity index (χ1) is 4.27. The first kappa shape index (κ1) is 17.4. The SMILES string of the molecule is CC(C)C#N.O=S(=O)(O)O.[H-].[Na+]. The van der Waals surface area contributed by atoms with E-state index in [9.17, 15) is 0 Å². The van der Waals surface area contributed by atoms with E-state index in [1.165, 1.54) is 0 Å². The van der Waals surface area contributed by atoms with Crippen molar-refractivity contribution in [1.82, 2.24) is 0 Å². The quantitative estimate of drug-likeness (QED) is 0.329.